The Balaban J connectivity index is 2.06. The van der Waals surface area contributed by atoms with Gasteiger partial charge in [-0.05, 0) is 44.0 Å². The van der Waals surface area contributed by atoms with Crippen LogP contribution < -0.4 is 5.32 Å². The molecule has 1 aromatic carbocycles. The first-order valence-electron chi connectivity index (χ1n) is 6.87. The molecule has 1 N–H and O–H groups in total. The van der Waals surface area contributed by atoms with Crippen LogP contribution in [0.2, 0.25) is 5.02 Å². The van der Waals surface area contributed by atoms with Crippen LogP contribution in [0.15, 0.2) is 24.3 Å². The summed E-state index contributed by atoms with van der Waals surface area (Å²) in [6.45, 7) is 6.06. The van der Waals surface area contributed by atoms with E-state index in [1.54, 1.807) is 11.3 Å². The molecule has 0 aliphatic carbocycles. The van der Waals surface area contributed by atoms with Crippen LogP contribution in [0.5, 0.6) is 0 Å². The molecular weight excluding hydrogens is 302 g/mol. The van der Waals surface area contributed by atoms with E-state index in [2.05, 4.69) is 28.3 Å². The number of nitrogens with one attached hydrogen (secondary N) is 1. The molecule has 0 unspecified atom stereocenters. The molecule has 0 spiro atoms. The third kappa shape index (κ3) is 2.87. The number of benzene rings is 1. The van der Waals surface area contributed by atoms with Crippen molar-refractivity contribution in [3.05, 3.63) is 45.6 Å². The van der Waals surface area contributed by atoms with Crippen molar-refractivity contribution in [2.45, 2.75) is 27.2 Å². The molecule has 0 saturated carbocycles. The van der Waals surface area contributed by atoms with Crippen LogP contribution in [-0.2, 0) is 6.42 Å². The second-order valence-electron chi connectivity index (χ2n) is 4.99. The van der Waals surface area contributed by atoms with Crippen molar-refractivity contribution in [1.82, 2.24) is 9.97 Å². The number of aryl methyl sites for hydroxylation is 3. The van der Waals surface area contributed by atoms with Crippen LogP contribution in [0.3, 0.4) is 0 Å². The van der Waals surface area contributed by atoms with Gasteiger partial charge in [0.1, 0.15) is 16.5 Å². The largest absolute Gasteiger partial charge is 0.340 e. The van der Waals surface area contributed by atoms with E-state index in [1.165, 1.54) is 4.88 Å². The number of hydrogen-bond donors (Lipinski definition) is 1. The molecule has 0 bridgehead atoms. The first-order valence-corrected chi connectivity index (χ1v) is 8.06. The average Bonchev–Trinajstić information content (AvgIpc) is 2.86. The second-order valence-corrected chi connectivity index (χ2v) is 6.52. The fourth-order valence-corrected chi connectivity index (χ4v) is 3.35. The molecule has 0 saturated heterocycles. The molecule has 0 aliphatic rings. The monoisotopic (exact) mass is 317 g/mol. The van der Waals surface area contributed by atoms with Gasteiger partial charge in [0.15, 0.2) is 0 Å². The quantitative estimate of drug-likeness (QED) is 0.715. The number of halogens is 1. The van der Waals surface area contributed by atoms with Gasteiger partial charge in [0.2, 0.25) is 0 Å². The molecule has 0 atom stereocenters. The summed E-state index contributed by atoms with van der Waals surface area (Å²) < 4.78 is 0. The molecule has 0 fully saturated rings. The zero-order valence-corrected chi connectivity index (χ0v) is 13.8. The van der Waals surface area contributed by atoms with Crippen LogP contribution in [0.4, 0.5) is 11.5 Å². The molecule has 108 valence electrons. The van der Waals surface area contributed by atoms with Crippen LogP contribution in [0.25, 0.3) is 10.2 Å². The van der Waals surface area contributed by atoms with Gasteiger partial charge in [-0.25, -0.2) is 9.97 Å². The highest BCUT2D eigenvalue weighted by molar-refractivity contribution is 7.18. The van der Waals surface area contributed by atoms with Crippen molar-refractivity contribution < 1.29 is 0 Å². The lowest BCUT2D eigenvalue weighted by molar-refractivity contribution is 1.10. The number of nitrogens with zero attached hydrogens (tertiary/aromatic N) is 2. The standard InChI is InChI=1S/C16H16ClN3S/c1-4-12-8-13-15(18-10(3)19-16(13)21-12)20-11-6-5-9(2)14(17)7-11/h5-8H,4H2,1-3H3,(H,18,19,20). The lowest BCUT2D eigenvalue weighted by Crippen LogP contribution is -1.97. The number of anilines is 2. The lowest BCUT2D eigenvalue weighted by atomic mass is 10.2. The smallest absolute Gasteiger partial charge is 0.142 e. The van der Waals surface area contributed by atoms with E-state index in [-0.39, 0.29) is 0 Å². The molecule has 3 rings (SSSR count). The summed E-state index contributed by atoms with van der Waals surface area (Å²) in [6, 6.07) is 8.10. The lowest BCUT2D eigenvalue weighted by Gasteiger charge is -2.09. The van der Waals surface area contributed by atoms with Gasteiger partial charge in [-0.1, -0.05) is 24.6 Å². The topological polar surface area (TPSA) is 37.8 Å². The summed E-state index contributed by atoms with van der Waals surface area (Å²) >= 11 is 7.91. The Kier molecular flexibility index (Phi) is 3.83. The fraction of sp³-hybridized carbons (Fsp3) is 0.250. The van der Waals surface area contributed by atoms with Crippen molar-refractivity contribution in [3.63, 3.8) is 0 Å². The molecule has 21 heavy (non-hydrogen) atoms. The first kappa shape index (κ1) is 14.3. The van der Waals surface area contributed by atoms with Gasteiger partial charge in [-0.2, -0.15) is 0 Å². The van der Waals surface area contributed by atoms with Gasteiger partial charge in [0.25, 0.3) is 0 Å². The molecule has 0 aliphatic heterocycles. The van der Waals surface area contributed by atoms with Gasteiger partial charge < -0.3 is 5.32 Å². The van der Waals surface area contributed by atoms with E-state index in [1.807, 2.05) is 32.0 Å². The van der Waals surface area contributed by atoms with Crippen LogP contribution in [-0.4, -0.2) is 9.97 Å². The molecule has 0 radical (unpaired) electrons. The molecule has 3 aromatic rings. The van der Waals surface area contributed by atoms with Crippen molar-refractivity contribution in [2.24, 2.45) is 0 Å². The average molecular weight is 318 g/mol. The Morgan fingerprint density at radius 2 is 2.00 bits per heavy atom. The highest BCUT2D eigenvalue weighted by atomic mass is 35.5. The summed E-state index contributed by atoms with van der Waals surface area (Å²) in [4.78, 5) is 11.4. The number of rotatable bonds is 3. The van der Waals surface area contributed by atoms with Crippen molar-refractivity contribution in [1.29, 1.82) is 0 Å². The van der Waals surface area contributed by atoms with E-state index in [4.69, 9.17) is 11.6 Å². The summed E-state index contributed by atoms with van der Waals surface area (Å²) in [5, 5.41) is 5.18. The third-order valence-electron chi connectivity index (χ3n) is 3.34. The highest BCUT2D eigenvalue weighted by Crippen LogP contribution is 2.31. The second kappa shape index (κ2) is 5.62. The third-order valence-corrected chi connectivity index (χ3v) is 4.92. The normalized spacial score (nSPS) is 11.0. The molecule has 5 heteroatoms. The molecule has 3 nitrogen and oxygen atoms in total. The van der Waals surface area contributed by atoms with Crippen molar-refractivity contribution in [2.75, 3.05) is 5.32 Å². The van der Waals surface area contributed by atoms with Crippen molar-refractivity contribution >= 4 is 44.7 Å². The van der Waals surface area contributed by atoms with Gasteiger partial charge in [0.05, 0.1) is 5.39 Å². The predicted octanol–water partition coefficient (Wildman–Crippen LogP) is 5.27. The summed E-state index contributed by atoms with van der Waals surface area (Å²) in [5.74, 6) is 1.61. The van der Waals surface area contributed by atoms with Crippen LogP contribution >= 0.6 is 22.9 Å². The summed E-state index contributed by atoms with van der Waals surface area (Å²) in [6.07, 6.45) is 1.01. The molecule has 0 amide bonds. The van der Waals surface area contributed by atoms with E-state index in [0.29, 0.717) is 0 Å². The van der Waals surface area contributed by atoms with E-state index in [0.717, 1.165) is 44.6 Å². The minimum Gasteiger partial charge on any atom is -0.340 e. The highest BCUT2D eigenvalue weighted by Gasteiger charge is 2.10. The minimum atomic E-state index is 0.751. The first-order chi connectivity index (χ1) is 10.1. The van der Waals surface area contributed by atoms with E-state index in [9.17, 15) is 0 Å². The number of thiophene rings is 1. The number of hydrogen-bond acceptors (Lipinski definition) is 4. The van der Waals surface area contributed by atoms with Gasteiger partial charge in [0, 0.05) is 15.6 Å². The zero-order chi connectivity index (χ0) is 15.0. The van der Waals surface area contributed by atoms with Gasteiger partial charge in [-0.3, -0.25) is 0 Å². The van der Waals surface area contributed by atoms with Gasteiger partial charge >= 0.3 is 0 Å². The summed E-state index contributed by atoms with van der Waals surface area (Å²) in [5.41, 5.74) is 2.00. The Bertz CT molecular complexity index is 811. The Labute approximate surface area is 133 Å². The Hall–Kier alpha value is -1.65. The Morgan fingerprint density at radius 3 is 2.71 bits per heavy atom. The maximum absolute atomic E-state index is 6.19. The molecule has 2 heterocycles. The van der Waals surface area contributed by atoms with Gasteiger partial charge in [-0.15, -0.1) is 11.3 Å². The number of aromatic nitrogens is 2. The summed E-state index contributed by atoms with van der Waals surface area (Å²) in [7, 11) is 0. The predicted molar refractivity (Wildman–Crippen MR) is 91.0 cm³/mol. The zero-order valence-electron chi connectivity index (χ0n) is 12.2. The molecular formula is C16H16ClN3S. The Morgan fingerprint density at radius 1 is 1.19 bits per heavy atom. The minimum absolute atomic E-state index is 0.751. The maximum Gasteiger partial charge on any atom is 0.142 e. The van der Waals surface area contributed by atoms with E-state index >= 15 is 0 Å². The maximum atomic E-state index is 6.19. The SMILES string of the molecule is CCc1cc2c(Nc3ccc(C)c(Cl)c3)nc(C)nc2s1. The number of fused-ring (bicyclic) bond motifs is 1. The fourth-order valence-electron chi connectivity index (χ4n) is 2.15. The van der Waals surface area contributed by atoms with Crippen LogP contribution in [0.1, 0.15) is 23.2 Å². The van der Waals surface area contributed by atoms with E-state index < -0.39 is 0 Å². The van der Waals surface area contributed by atoms with Crippen LogP contribution in [0, 0.1) is 13.8 Å². The van der Waals surface area contributed by atoms with Crippen molar-refractivity contribution in [3.8, 4) is 0 Å². The molecule has 2 aromatic heterocycles.